The maximum atomic E-state index is 12.4. The van der Waals surface area contributed by atoms with E-state index in [1.165, 1.54) is 0 Å². The Morgan fingerprint density at radius 2 is 1.65 bits per heavy atom. The van der Waals surface area contributed by atoms with Gasteiger partial charge in [0.1, 0.15) is 24.3 Å². The van der Waals surface area contributed by atoms with Gasteiger partial charge in [-0.1, -0.05) is 42.1 Å². The van der Waals surface area contributed by atoms with Crippen LogP contribution < -0.4 is 10.6 Å². The van der Waals surface area contributed by atoms with Crippen molar-refractivity contribution in [3.05, 3.63) is 35.9 Å². The van der Waals surface area contributed by atoms with Crippen LogP contribution in [0.3, 0.4) is 0 Å². The van der Waals surface area contributed by atoms with Crippen LogP contribution in [-0.2, 0) is 30.4 Å². The van der Waals surface area contributed by atoms with Crippen LogP contribution in [0.4, 0.5) is 9.59 Å². The maximum absolute atomic E-state index is 12.4. The lowest BCUT2D eigenvalue weighted by Crippen LogP contribution is -2.47. The van der Waals surface area contributed by atoms with Gasteiger partial charge in [0.25, 0.3) is 0 Å². The molecule has 0 heterocycles. The van der Waals surface area contributed by atoms with E-state index in [2.05, 4.69) is 15.4 Å². The highest BCUT2D eigenvalue weighted by Crippen LogP contribution is 2.12. The van der Waals surface area contributed by atoms with Crippen LogP contribution >= 0.6 is 11.8 Å². The third-order valence-electron chi connectivity index (χ3n) is 3.54. The second kappa shape index (κ2) is 12.8. The number of hydrogen-bond acceptors (Lipinski definition) is 9. The van der Waals surface area contributed by atoms with Crippen LogP contribution in [0.25, 0.3) is 0 Å². The molecule has 11 heteroatoms. The summed E-state index contributed by atoms with van der Waals surface area (Å²) in [5.74, 6) is -0.968. The van der Waals surface area contributed by atoms with E-state index >= 15 is 0 Å². The van der Waals surface area contributed by atoms with E-state index in [9.17, 15) is 24.3 Å². The lowest BCUT2D eigenvalue weighted by Gasteiger charge is -2.22. The van der Waals surface area contributed by atoms with E-state index in [-0.39, 0.29) is 12.4 Å². The average molecular weight is 457 g/mol. The molecule has 0 bridgehead atoms. The molecule has 10 nitrogen and oxygen atoms in total. The lowest BCUT2D eigenvalue weighted by molar-refractivity contribution is -0.142. The van der Waals surface area contributed by atoms with Crippen molar-refractivity contribution in [2.45, 2.75) is 45.1 Å². The summed E-state index contributed by atoms with van der Waals surface area (Å²) in [5, 5.41) is 13.4. The largest absolute Gasteiger partial charge is 0.467 e. The van der Waals surface area contributed by atoms with Gasteiger partial charge in [0, 0.05) is 5.75 Å². The minimum absolute atomic E-state index is 0.00359. The summed E-state index contributed by atoms with van der Waals surface area (Å²) in [6, 6.07) is 6.50. The Kier molecular flexibility index (Phi) is 10.8. The fraction of sp³-hybridized carbons (Fsp3) is 0.500. The standard InChI is InChI=1S/C20H28N2O8S/c1-20(2,3)30-19(27)22-15(16(24)28-4)12-31-17(25)14(10-23)21-18(26)29-11-13-8-6-5-7-9-13/h5-9,14-15,23H,10-12H2,1-4H3,(H,21,26)(H,22,27)/t14-,15-/m0/s1. The minimum atomic E-state index is -1.26. The number of aliphatic hydroxyl groups is 1. The van der Waals surface area contributed by atoms with Crippen molar-refractivity contribution in [1.29, 1.82) is 0 Å². The molecule has 0 unspecified atom stereocenters. The molecule has 31 heavy (non-hydrogen) atoms. The van der Waals surface area contributed by atoms with Crippen molar-refractivity contribution in [3.8, 4) is 0 Å². The smallest absolute Gasteiger partial charge is 0.408 e. The molecule has 0 fully saturated rings. The zero-order valence-electron chi connectivity index (χ0n) is 17.9. The van der Waals surface area contributed by atoms with Crippen LogP contribution in [-0.4, -0.2) is 65.5 Å². The molecule has 1 aromatic carbocycles. The van der Waals surface area contributed by atoms with Crippen molar-refractivity contribution in [2.75, 3.05) is 19.5 Å². The molecule has 172 valence electrons. The second-order valence-corrected chi connectivity index (χ2v) is 8.32. The highest BCUT2D eigenvalue weighted by molar-refractivity contribution is 8.13. The molecule has 2 atom stereocenters. The second-order valence-electron chi connectivity index (χ2n) is 7.29. The zero-order valence-corrected chi connectivity index (χ0v) is 18.7. The number of esters is 1. The van der Waals surface area contributed by atoms with E-state index in [1.54, 1.807) is 45.0 Å². The van der Waals surface area contributed by atoms with E-state index in [0.717, 1.165) is 12.7 Å². The number of alkyl carbamates (subject to hydrolysis) is 2. The van der Waals surface area contributed by atoms with Crippen molar-refractivity contribution < 1.29 is 38.5 Å². The summed E-state index contributed by atoms with van der Waals surface area (Å²) >= 11 is 0.637. The van der Waals surface area contributed by atoms with Crippen LogP contribution in [0.5, 0.6) is 0 Å². The SMILES string of the molecule is COC(=O)[C@H](CSC(=O)[C@H](CO)NC(=O)OCc1ccccc1)NC(=O)OC(C)(C)C. The van der Waals surface area contributed by atoms with Gasteiger partial charge in [-0.3, -0.25) is 4.79 Å². The van der Waals surface area contributed by atoms with E-state index in [4.69, 9.17) is 9.47 Å². The van der Waals surface area contributed by atoms with Gasteiger partial charge < -0.3 is 30.0 Å². The van der Waals surface area contributed by atoms with Crippen LogP contribution in [0.15, 0.2) is 30.3 Å². The minimum Gasteiger partial charge on any atom is -0.467 e. The number of hydrogen-bond donors (Lipinski definition) is 3. The summed E-state index contributed by atoms with van der Waals surface area (Å²) in [5.41, 5.74) is -0.0206. The van der Waals surface area contributed by atoms with E-state index in [0.29, 0.717) is 11.8 Å². The van der Waals surface area contributed by atoms with Crippen molar-refractivity contribution in [2.24, 2.45) is 0 Å². The number of carbonyl (C=O) groups is 4. The van der Waals surface area contributed by atoms with Crippen LogP contribution in [0, 0.1) is 0 Å². The number of thioether (sulfide) groups is 1. The fourth-order valence-corrected chi connectivity index (χ4v) is 3.00. The van der Waals surface area contributed by atoms with Gasteiger partial charge in [0.05, 0.1) is 13.7 Å². The van der Waals surface area contributed by atoms with Gasteiger partial charge in [-0.05, 0) is 26.3 Å². The summed E-state index contributed by atoms with van der Waals surface area (Å²) in [4.78, 5) is 48.1. The molecular formula is C20H28N2O8S. The Morgan fingerprint density at radius 3 is 2.19 bits per heavy atom. The number of benzene rings is 1. The molecule has 3 N–H and O–H groups in total. The Bertz CT molecular complexity index is 751. The first kappa shape index (κ1) is 26.2. The van der Waals surface area contributed by atoms with Gasteiger partial charge >= 0.3 is 18.2 Å². The molecule has 0 aliphatic heterocycles. The van der Waals surface area contributed by atoms with Gasteiger partial charge in [-0.15, -0.1) is 0 Å². The van der Waals surface area contributed by atoms with Crippen LogP contribution in [0.1, 0.15) is 26.3 Å². The zero-order chi connectivity index (χ0) is 23.4. The first-order valence-electron chi connectivity index (χ1n) is 9.37. The summed E-state index contributed by atoms with van der Waals surface area (Å²) < 4.78 is 14.7. The molecule has 1 aromatic rings. The molecule has 0 aliphatic rings. The van der Waals surface area contributed by atoms with Crippen LogP contribution in [0.2, 0.25) is 0 Å². The predicted octanol–water partition coefficient (Wildman–Crippen LogP) is 1.60. The maximum Gasteiger partial charge on any atom is 0.408 e. The Hall–Kier alpha value is -2.79. The highest BCUT2D eigenvalue weighted by Gasteiger charge is 2.28. The Morgan fingerprint density at radius 1 is 1.03 bits per heavy atom. The number of ether oxygens (including phenoxy) is 3. The van der Waals surface area contributed by atoms with Crippen molar-refractivity contribution >= 4 is 35.0 Å². The van der Waals surface area contributed by atoms with E-state index < -0.39 is 47.6 Å². The molecule has 0 spiro atoms. The van der Waals surface area contributed by atoms with Gasteiger partial charge in [0.15, 0.2) is 0 Å². The number of nitrogens with one attached hydrogen (secondary N) is 2. The molecule has 0 aromatic heterocycles. The molecule has 2 amide bonds. The third-order valence-corrected chi connectivity index (χ3v) is 4.61. The fourth-order valence-electron chi connectivity index (χ4n) is 2.11. The average Bonchev–Trinajstić information content (AvgIpc) is 2.72. The van der Waals surface area contributed by atoms with E-state index in [1.807, 2.05) is 6.07 Å². The molecule has 1 rings (SSSR count). The topological polar surface area (TPSA) is 140 Å². The number of rotatable bonds is 9. The van der Waals surface area contributed by atoms with Crippen molar-refractivity contribution in [1.82, 2.24) is 10.6 Å². The number of amides is 2. The van der Waals surface area contributed by atoms with Gasteiger partial charge in [-0.2, -0.15) is 0 Å². The normalized spacial score (nSPS) is 12.8. The van der Waals surface area contributed by atoms with Gasteiger partial charge in [0.2, 0.25) is 5.12 Å². The lowest BCUT2D eigenvalue weighted by atomic mass is 10.2. The van der Waals surface area contributed by atoms with Crippen molar-refractivity contribution in [3.63, 3.8) is 0 Å². The first-order chi connectivity index (χ1) is 14.6. The molecule has 0 radical (unpaired) electrons. The number of carbonyl (C=O) groups excluding carboxylic acids is 4. The molecule has 0 saturated heterocycles. The Balaban J connectivity index is 2.58. The quantitative estimate of drug-likeness (QED) is 0.373. The first-order valence-corrected chi connectivity index (χ1v) is 10.4. The highest BCUT2D eigenvalue weighted by atomic mass is 32.2. The summed E-state index contributed by atoms with van der Waals surface area (Å²) in [6.07, 6.45) is -1.73. The molecular weight excluding hydrogens is 428 g/mol. The summed E-state index contributed by atoms with van der Waals surface area (Å²) in [7, 11) is 1.14. The summed E-state index contributed by atoms with van der Waals surface area (Å²) in [6.45, 7) is 4.30. The Labute approximate surface area is 185 Å². The molecule has 0 aliphatic carbocycles. The number of aliphatic hydroxyl groups excluding tert-OH is 1. The predicted molar refractivity (Wildman–Crippen MR) is 113 cm³/mol. The third kappa shape index (κ3) is 10.7. The van der Waals surface area contributed by atoms with Gasteiger partial charge in [-0.25, -0.2) is 14.4 Å². The molecule has 0 saturated carbocycles. The number of methoxy groups -OCH3 is 1. The monoisotopic (exact) mass is 456 g/mol.